The zero-order valence-corrected chi connectivity index (χ0v) is 12.6. The molecule has 1 aliphatic heterocycles. The standard InChI is InChI=1S/C17H23FN2O/c1-12-6-7-15(18)16(10-12)19-17(21)20-9-8-13-4-2-3-5-14(13)11-20/h6-7,10,13-14H,2-5,8-9,11H2,1H3,(H,19,21)/t13-,14-/m1/s1. The number of hydrogen-bond acceptors (Lipinski definition) is 1. The quantitative estimate of drug-likeness (QED) is 0.827. The number of piperidine rings is 1. The van der Waals surface area contributed by atoms with Gasteiger partial charge in [0.25, 0.3) is 0 Å². The highest BCUT2D eigenvalue weighted by atomic mass is 19.1. The highest BCUT2D eigenvalue weighted by Crippen LogP contribution is 2.36. The van der Waals surface area contributed by atoms with Gasteiger partial charge < -0.3 is 10.2 Å². The van der Waals surface area contributed by atoms with E-state index in [0.29, 0.717) is 5.92 Å². The summed E-state index contributed by atoms with van der Waals surface area (Å²) in [4.78, 5) is 14.2. The molecule has 0 unspecified atom stereocenters. The lowest BCUT2D eigenvalue weighted by Crippen LogP contribution is -2.46. The molecule has 114 valence electrons. The van der Waals surface area contributed by atoms with Gasteiger partial charge in [0.15, 0.2) is 0 Å². The molecule has 1 heterocycles. The first kappa shape index (κ1) is 14.4. The molecule has 0 aromatic heterocycles. The van der Waals surface area contributed by atoms with Gasteiger partial charge in [-0.15, -0.1) is 0 Å². The fraction of sp³-hybridized carbons (Fsp3) is 0.588. The predicted molar refractivity (Wildman–Crippen MR) is 81.8 cm³/mol. The van der Waals surface area contributed by atoms with Gasteiger partial charge in [0.05, 0.1) is 5.69 Å². The fourth-order valence-electron chi connectivity index (χ4n) is 3.71. The van der Waals surface area contributed by atoms with Crippen molar-refractivity contribution in [2.75, 3.05) is 18.4 Å². The number of carbonyl (C=O) groups is 1. The predicted octanol–water partition coefficient (Wildman–Crippen LogP) is 4.18. The van der Waals surface area contributed by atoms with E-state index >= 15 is 0 Å². The molecule has 3 nitrogen and oxygen atoms in total. The van der Waals surface area contributed by atoms with Crippen molar-refractivity contribution < 1.29 is 9.18 Å². The number of rotatable bonds is 1. The summed E-state index contributed by atoms with van der Waals surface area (Å²) in [6.45, 7) is 3.51. The first-order chi connectivity index (χ1) is 10.1. The number of amides is 2. The monoisotopic (exact) mass is 290 g/mol. The van der Waals surface area contributed by atoms with Crippen molar-refractivity contribution in [1.29, 1.82) is 0 Å². The van der Waals surface area contributed by atoms with Crippen LogP contribution in [0.5, 0.6) is 0 Å². The number of nitrogens with zero attached hydrogens (tertiary/aromatic N) is 1. The summed E-state index contributed by atoms with van der Waals surface area (Å²) < 4.78 is 13.7. The molecule has 2 aliphatic rings. The van der Waals surface area contributed by atoms with Crippen molar-refractivity contribution in [2.45, 2.75) is 39.0 Å². The first-order valence-corrected chi connectivity index (χ1v) is 7.95. The van der Waals surface area contributed by atoms with Crippen molar-refractivity contribution in [3.05, 3.63) is 29.6 Å². The number of nitrogens with one attached hydrogen (secondary N) is 1. The largest absolute Gasteiger partial charge is 0.324 e. The SMILES string of the molecule is Cc1ccc(F)c(NC(=O)N2CC[C@H]3CCCC[C@@H]3C2)c1. The summed E-state index contributed by atoms with van der Waals surface area (Å²) in [6, 6.07) is 4.63. The number of benzene rings is 1. The molecule has 1 N–H and O–H groups in total. The van der Waals surface area contributed by atoms with Crippen LogP contribution in [-0.2, 0) is 0 Å². The molecule has 2 amide bonds. The Balaban J connectivity index is 1.64. The van der Waals surface area contributed by atoms with Crippen LogP contribution in [0.15, 0.2) is 18.2 Å². The van der Waals surface area contributed by atoms with E-state index in [2.05, 4.69) is 5.32 Å². The van der Waals surface area contributed by atoms with Gasteiger partial charge in [-0.3, -0.25) is 0 Å². The van der Waals surface area contributed by atoms with E-state index in [4.69, 9.17) is 0 Å². The minimum Gasteiger partial charge on any atom is -0.324 e. The molecule has 2 atom stereocenters. The van der Waals surface area contributed by atoms with E-state index in [0.717, 1.165) is 31.0 Å². The molecule has 1 aromatic carbocycles. The Morgan fingerprint density at radius 1 is 1.24 bits per heavy atom. The zero-order valence-electron chi connectivity index (χ0n) is 12.6. The molecule has 0 spiro atoms. The number of likely N-dealkylation sites (tertiary alicyclic amines) is 1. The van der Waals surface area contributed by atoms with Crippen LogP contribution in [0.3, 0.4) is 0 Å². The Kier molecular flexibility index (Phi) is 4.13. The molecule has 21 heavy (non-hydrogen) atoms. The number of carbonyl (C=O) groups excluding carboxylic acids is 1. The van der Waals surface area contributed by atoms with E-state index in [9.17, 15) is 9.18 Å². The van der Waals surface area contributed by atoms with E-state index < -0.39 is 0 Å². The molecule has 3 rings (SSSR count). The van der Waals surface area contributed by atoms with Gasteiger partial charge in [-0.2, -0.15) is 0 Å². The van der Waals surface area contributed by atoms with Crippen LogP contribution in [0.25, 0.3) is 0 Å². The number of urea groups is 1. The normalized spacial score (nSPS) is 25.3. The summed E-state index contributed by atoms with van der Waals surface area (Å²) in [6.07, 6.45) is 6.25. The first-order valence-electron chi connectivity index (χ1n) is 7.95. The van der Waals surface area contributed by atoms with Crippen LogP contribution in [0.1, 0.15) is 37.7 Å². The highest BCUT2D eigenvalue weighted by Gasteiger charge is 2.33. The van der Waals surface area contributed by atoms with Crippen molar-refractivity contribution >= 4 is 11.7 Å². The maximum Gasteiger partial charge on any atom is 0.321 e. The van der Waals surface area contributed by atoms with Crippen LogP contribution in [0.2, 0.25) is 0 Å². The lowest BCUT2D eigenvalue weighted by atomic mass is 9.75. The van der Waals surface area contributed by atoms with Gasteiger partial charge >= 0.3 is 6.03 Å². The highest BCUT2D eigenvalue weighted by molar-refractivity contribution is 5.89. The van der Waals surface area contributed by atoms with Crippen LogP contribution < -0.4 is 5.32 Å². The molecule has 2 fully saturated rings. The summed E-state index contributed by atoms with van der Waals surface area (Å²) in [5.41, 5.74) is 1.23. The average molecular weight is 290 g/mol. The van der Waals surface area contributed by atoms with E-state index in [1.54, 1.807) is 12.1 Å². The van der Waals surface area contributed by atoms with Crippen LogP contribution in [-0.4, -0.2) is 24.0 Å². The number of fused-ring (bicyclic) bond motifs is 1. The number of halogens is 1. The summed E-state index contributed by atoms with van der Waals surface area (Å²) in [5.74, 6) is 1.06. The molecule has 4 heteroatoms. The topological polar surface area (TPSA) is 32.3 Å². The molecule has 1 aromatic rings. The van der Waals surface area contributed by atoms with E-state index in [1.807, 2.05) is 11.8 Å². The van der Waals surface area contributed by atoms with Crippen molar-refractivity contribution in [3.63, 3.8) is 0 Å². The van der Waals surface area contributed by atoms with E-state index in [1.165, 1.54) is 31.7 Å². The third kappa shape index (κ3) is 3.20. The lowest BCUT2D eigenvalue weighted by molar-refractivity contribution is 0.108. The molecule has 1 saturated heterocycles. The average Bonchev–Trinajstić information content (AvgIpc) is 2.50. The maximum absolute atomic E-state index is 13.7. The van der Waals surface area contributed by atoms with Crippen molar-refractivity contribution in [1.82, 2.24) is 4.90 Å². The second-order valence-corrected chi connectivity index (χ2v) is 6.45. The minimum absolute atomic E-state index is 0.163. The van der Waals surface area contributed by atoms with Gasteiger partial charge in [0.2, 0.25) is 0 Å². The third-order valence-corrected chi connectivity index (χ3v) is 4.94. The van der Waals surface area contributed by atoms with Crippen molar-refractivity contribution in [2.24, 2.45) is 11.8 Å². The summed E-state index contributed by atoms with van der Waals surface area (Å²) >= 11 is 0. The maximum atomic E-state index is 13.7. The zero-order chi connectivity index (χ0) is 14.8. The van der Waals surface area contributed by atoms with Crippen LogP contribution >= 0.6 is 0 Å². The third-order valence-electron chi connectivity index (χ3n) is 4.94. The number of hydrogen-bond donors (Lipinski definition) is 1. The molecule has 0 bridgehead atoms. The van der Waals surface area contributed by atoms with Gasteiger partial charge in [0, 0.05) is 13.1 Å². The van der Waals surface area contributed by atoms with Gasteiger partial charge in [-0.1, -0.05) is 25.3 Å². The molecule has 0 radical (unpaired) electrons. The molecule has 1 saturated carbocycles. The van der Waals surface area contributed by atoms with Gasteiger partial charge in [-0.05, 0) is 49.3 Å². The van der Waals surface area contributed by atoms with Gasteiger partial charge in [-0.25, -0.2) is 9.18 Å². The lowest BCUT2D eigenvalue weighted by Gasteiger charge is -2.41. The summed E-state index contributed by atoms with van der Waals surface area (Å²) in [7, 11) is 0. The van der Waals surface area contributed by atoms with E-state index in [-0.39, 0.29) is 17.5 Å². The second-order valence-electron chi connectivity index (χ2n) is 6.45. The Morgan fingerprint density at radius 2 is 2.00 bits per heavy atom. The Bertz CT molecular complexity index is 532. The molecule has 1 aliphatic carbocycles. The fourth-order valence-corrected chi connectivity index (χ4v) is 3.71. The Hall–Kier alpha value is -1.58. The number of anilines is 1. The second kappa shape index (κ2) is 6.04. The smallest absolute Gasteiger partial charge is 0.321 e. The number of aryl methyl sites for hydroxylation is 1. The Morgan fingerprint density at radius 3 is 2.81 bits per heavy atom. The Labute approximate surface area is 125 Å². The molecular weight excluding hydrogens is 267 g/mol. The van der Waals surface area contributed by atoms with Crippen LogP contribution in [0.4, 0.5) is 14.9 Å². The molecular formula is C17H23FN2O. The summed E-state index contributed by atoms with van der Waals surface area (Å²) in [5, 5.41) is 2.73. The van der Waals surface area contributed by atoms with Gasteiger partial charge in [0.1, 0.15) is 5.82 Å². The van der Waals surface area contributed by atoms with Crippen LogP contribution in [0, 0.1) is 24.6 Å². The van der Waals surface area contributed by atoms with Crippen molar-refractivity contribution in [3.8, 4) is 0 Å². The minimum atomic E-state index is -0.374.